The second-order valence-electron chi connectivity index (χ2n) is 8.38. The predicted molar refractivity (Wildman–Crippen MR) is 130 cm³/mol. The molecule has 1 atom stereocenters. The molecular formula is C23H31N3O5S2. The third-order valence-electron chi connectivity index (χ3n) is 5.90. The van der Waals surface area contributed by atoms with Crippen LogP contribution in [0.2, 0.25) is 0 Å². The lowest BCUT2D eigenvalue weighted by Gasteiger charge is -2.30. The Kier molecular flexibility index (Phi) is 7.50. The molecule has 0 unspecified atom stereocenters. The van der Waals surface area contributed by atoms with Gasteiger partial charge in [0.25, 0.3) is 0 Å². The van der Waals surface area contributed by atoms with E-state index < -0.39 is 32.0 Å². The fourth-order valence-corrected chi connectivity index (χ4v) is 6.66. The fourth-order valence-electron chi connectivity index (χ4n) is 3.94. The Morgan fingerprint density at radius 1 is 1.00 bits per heavy atom. The summed E-state index contributed by atoms with van der Waals surface area (Å²) in [4.78, 5) is 13.3. The number of amides is 1. The Morgan fingerprint density at radius 2 is 1.61 bits per heavy atom. The summed E-state index contributed by atoms with van der Waals surface area (Å²) in [5, 5.41) is 2.74. The molecule has 0 saturated carbocycles. The third-order valence-corrected chi connectivity index (χ3v) is 8.99. The van der Waals surface area contributed by atoms with Gasteiger partial charge in [0.1, 0.15) is 6.04 Å². The van der Waals surface area contributed by atoms with E-state index in [0.717, 1.165) is 34.5 Å². The summed E-state index contributed by atoms with van der Waals surface area (Å²) in [6.07, 6.45) is 3.04. The summed E-state index contributed by atoms with van der Waals surface area (Å²) in [5.41, 5.74) is 2.77. The first-order valence-electron chi connectivity index (χ1n) is 10.9. The Hall–Kier alpha value is -2.43. The molecular weight excluding hydrogens is 462 g/mol. The number of sulfonamides is 2. The van der Waals surface area contributed by atoms with Crippen LogP contribution >= 0.6 is 0 Å². The lowest BCUT2D eigenvalue weighted by atomic mass is 10.1. The van der Waals surface area contributed by atoms with Gasteiger partial charge >= 0.3 is 0 Å². The molecule has 1 heterocycles. The highest BCUT2D eigenvalue weighted by Gasteiger charge is 2.32. The van der Waals surface area contributed by atoms with Crippen molar-refractivity contribution < 1.29 is 21.6 Å². The average Bonchev–Trinajstić information content (AvgIpc) is 3.29. The second-order valence-corrected chi connectivity index (χ2v) is 12.2. The van der Waals surface area contributed by atoms with Crippen molar-refractivity contribution in [2.24, 2.45) is 0 Å². The number of carbonyl (C=O) groups excluding carboxylic acids is 1. The quantitative estimate of drug-likeness (QED) is 0.608. The van der Waals surface area contributed by atoms with E-state index in [0.29, 0.717) is 24.5 Å². The number of benzene rings is 2. The maximum Gasteiger partial charge on any atom is 0.248 e. The first-order valence-corrected chi connectivity index (χ1v) is 14.2. The van der Waals surface area contributed by atoms with Crippen LogP contribution in [-0.4, -0.2) is 52.4 Å². The summed E-state index contributed by atoms with van der Waals surface area (Å²) in [6, 6.07) is 10.3. The molecule has 0 spiro atoms. The second kappa shape index (κ2) is 9.82. The molecule has 0 aliphatic carbocycles. The van der Waals surface area contributed by atoms with Crippen LogP contribution in [0, 0.1) is 13.8 Å². The molecule has 10 heteroatoms. The SMILES string of the molecule is CC[C@@H](C(=O)Nc1ccc(S(=O)(=O)N2CCCC2)cc1)N(c1ccc(C)c(C)c1)S(C)(=O)=O. The van der Waals surface area contributed by atoms with Gasteiger partial charge in [-0.05, 0) is 80.6 Å². The van der Waals surface area contributed by atoms with Crippen molar-refractivity contribution in [1.29, 1.82) is 0 Å². The van der Waals surface area contributed by atoms with Crippen LogP contribution in [0.15, 0.2) is 47.4 Å². The van der Waals surface area contributed by atoms with Crippen molar-refractivity contribution in [3.8, 4) is 0 Å². The molecule has 180 valence electrons. The van der Waals surface area contributed by atoms with E-state index >= 15 is 0 Å². The molecule has 1 fully saturated rings. The number of aryl methyl sites for hydroxylation is 2. The zero-order valence-electron chi connectivity index (χ0n) is 19.4. The summed E-state index contributed by atoms with van der Waals surface area (Å²) >= 11 is 0. The predicted octanol–water partition coefficient (Wildman–Crippen LogP) is 3.27. The highest BCUT2D eigenvalue weighted by Crippen LogP contribution is 2.26. The molecule has 1 N–H and O–H groups in total. The third kappa shape index (κ3) is 5.56. The van der Waals surface area contributed by atoms with Crippen LogP contribution < -0.4 is 9.62 Å². The van der Waals surface area contributed by atoms with Gasteiger partial charge in [0.05, 0.1) is 16.8 Å². The minimum absolute atomic E-state index is 0.169. The molecule has 0 bridgehead atoms. The molecule has 1 aliphatic heterocycles. The summed E-state index contributed by atoms with van der Waals surface area (Å²) in [6.45, 7) is 6.59. The van der Waals surface area contributed by atoms with Gasteiger partial charge in [0, 0.05) is 18.8 Å². The summed E-state index contributed by atoms with van der Waals surface area (Å²) < 4.78 is 53.3. The van der Waals surface area contributed by atoms with Crippen LogP contribution in [0.3, 0.4) is 0 Å². The normalized spacial score (nSPS) is 15.9. The van der Waals surface area contributed by atoms with Gasteiger partial charge in [-0.1, -0.05) is 13.0 Å². The molecule has 1 saturated heterocycles. The van der Waals surface area contributed by atoms with Crippen LogP contribution in [0.4, 0.5) is 11.4 Å². The Labute approximate surface area is 196 Å². The number of anilines is 2. The smallest absolute Gasteiger partial charge is 0.248 e. The monoisotopic (exact) mass is 493 g/mol. The number of carbonyl (C=O) groups is 1. The number of hydrogen-bond donors (Lipinski definition) is 1. The average molecular weight is 494 g/mol. The van der Waals surface area contributed by atoms with Crippen LogP contribution in [-0.2, 0) is 24.8 Å². The van der Waals surface area contributed by atoms with Crippen molar-refractivity contribution >= 4 is 37.3 Å². The standard InChI is InChI=1S/C23H31N3O5S2/c1-5-22(26(32(4,28)29)20-11-8-17(2)18(3)16-20)23(27)24-19-9-12-21(13-10-19)33(30,31)25-14-6-7-15-25/h8-13,16,22H,5-7,14-15H2,1-4H3,(H,24,27)/t22-/m0/s1. The Balaban J connectivity index is 1.83. The van der Waals surface area contributed by atoms with Crippen molar-refractivity contribution in [3.05, 3.63) is 53.6 Å². The highest BCUT2D eigenvalue weighted by atomic mass is 32.2. The minimum Gasteiger partial charge on any atom is -0.324 e. The van der Waals surface area contributed by atoms with Crippen LogP contribution in [0.1, 0.15) is 37.3 Å². The van der Waals surface area contributed by atoms with Gasteiger partial charge in [0.15, 0.2) is 0 Å². The summed E-state index contributed by atoms with van der Waals surface area (Å²) in [7, 11) is -7.29. The molecule has 0 aromatic heterocycles. The number of hydrogen-bond acceptors (Lipinski definition) is 5. The van der Waals surface area contributed by atoms with Crippen LogP contribution in [0.5, 0.6) is 0 Å². The zero-order valence-corrected chi connectivity index (χ0v) is 21.0. The summed E-state index contributed by atoms with van der Waals surface area (Å²) in [5.74, 6) is -0.490. The maximum atomic E-state index is 13.1. The van der Waals surface area contributed by atoms with Gasteiger partial charge in [0.2, 0.25) is 26.0 Å². The Morgan fingerprint density at radius 3 is 2.12 bits per heavy atom. The first-order chi connectivity index (χ1) is 15.4. The number of rotatable bonds is 8. The van der Waals surface area contributed by atoms with E-state index in [4.69, 9.17) is 0 Å². The lowest BCUT2D eigenvalue weighted by molar-refractivity contribution is -0.117. The largest absolute Gasteiger partial charge is 0.324 e. The van der Waals surface area contributed by atoms with E-state index in [1.165, 1.54) is 28.6 Å². The van der Waals surface area contributed by atoms with Crippen molar-refractivity contribution in [2.45, 2.75) is 51.0 Å². The molecule has 1 amide bonds. The van der Waals surface area contributed by atoms with E-state index in [-0.39, 0.29) is 11.3 Å². The van der Waals surface area contributed by atoms with Crippen LogP contribution in [0.25, 0.3) is 0 Å². The highest BCUT2D eigenvalue weighted by molar-refractivity contribution is 7.92. The van der Waals surface area contributed by atoms with Gasteiger partial charge in [-0.2, -0.15) is 4.31 Å². The van der Waals surface area contributed by atoms with E-state index in [1.54, 1.807) is 19.1 Å². The van der Waals surface area contributed by atoms with Gasteiger partial charge in [-0.3, -0.25) is 9.10 Å². The molecule has 1 aliphatic rings. The molecule has 3 rings (SSSR count). The van der Waals surface area contributed by atoms with Crippen molar-refractivity contribution in [1.82, 2.24) is 4.31 Å². The van der Waals surface area contributed by atoms with Crippen molar-refractivity contribution in [2.75, 3.05) is 29.0 Å². The molecule has 0 radical (unpaired) electrons. The first kappa shape index (κ1) is 25.2. The van der Waals surface area contributed by atoms with E-state index in [1.807, 2.05) is 19.9 Å². The number of nitrogens with one attached hydrogen (secondary N) is 1. The van der Waals surface area contributed by atoms with Crippen molar-refractivity contribution in [3.63, 3.8) is 0 Å². The number of nitrogens with zero attached hydrogens (tertiary/aromatic N) is 2. The fraction of sp³-hybridized carbons (Fsp3) is 0.435. The molecule has 8 nitrogen and oxygen atoms in total. The van der Waals surface area contributed by atoms with Gasteiger partial charge < -0.3 is 5.32 Å². The molecule has 2 aromatic rings. The van der Waals surface area contributed by atoms with Gasteiger partial charge in [-0.25, -0.2) is 16.8 Å². The molecule has 2 aromatic carbocycles. The Bertz CT molecular complexity index is 1220. The minimum atomic E-state index is -3.74. The zero-order chi connectivity index (χ0) is 24.4. The maximum absolute atomic E-state index is 13.1. The lowest BCUT2D eigenvalue weighted by Crippen LogP contribution is -2.47. The van der Waals surface area contributed by atoms with E-state index in [9.17, 15) is 21.6 Å². The molecule has 33 heavy (non-hydrogen) atoms. The topological polar surface area (TPSA) is 104 Å². The van der Waals surface area contributed by atoms with E-state index in [2.05, 4.69) is 5.32 Å². The van der Waals surface area contributed by atoms with Gasteiger partial charge in [-0.15, -0.1) is 0 Å².